The molecule has 0 spiro atoms. The summed E-state index contributed by atoms with van der Waals surface area (Å²) < 4.78 is 1.84. The van der Waals surface area contributed by atoms with Gasteiger partial charge >= 0.3 is 0 Å². The maximum atomic E-state index is 11.7. The first-order chi connectivity index (χ1) is 7.63. The van der Waals surface area contributed by atoms with Crippen molar-refractivity contribution in [1.82, 2.24) is 9.78 Å². The minimum absolute atomic E-state index is 0.0300. The van der Waals surface area contributed by atoms with Crippen LogP contribution in [0.4, 0.5) is 5.82 Å². The third-order valence-electron chi connectivity index (χ3n) is 3.04. The molecule has 1 saturated heterocycles. The highest BCUT2D eigenvalue weighted by Gasteiger charge is 2.31. The van der Waals surface area contributed by atoms with E-state index in [9.17, 15) is 9.90 Å². The molecular formula is C11H17N3O2. The van der Waals surface area contributed by atoms with Crippen molar-refractivity contribution in [1.29, 1.82) is 0 Å². The molecule has 2 unspecified atom stereocenters. The Morgan fingerprint density at radius 1 is 1.69 bits per heavy atom. The third-order valence-corrected chi connectivity index (χ3v) is 3.04. The van der Waals surface area contributed by atoms with Crippen molar-refractivity contribution in [3.8, 4) is 0 Å². The molecule has 0 saturated carbocycles. The summed E-state index contributed by atoms with van der Waals surface area (Å²) >= 11 is 0. The van der Waals surface area contributed by atoms with Crippen LogP contribution in [0, 0.1) is 0 Å². The average molecular weight is 223 g/mol. The molecule has 16 heavy (non-hydrogen) atoms. The van der Waals surface area contributed by atoms with Gasteiger partial charge in [0.15, 0.2) is 0 Å². The summed E-state index contributed by atoms with van der Waals surface area (Å²) in [5.41, 5.74) is 0. The topological polar surface area (TPSA) is 58.4 Å². The quantitative estimate of drug-likeness (QED) is 0.830. The molecule has 1 aliphatic heterocycles. The number of rotatable bonds is 3. The van der Waals surface area contributed by atoms with Crippen molar-refractivity contribution < 1.29 is 9.90 Å². The van der Waals surface area contributed by atoms with Crippen molar-refractivity contribution in [3.05, 3.63) is 12.3 Å². The van der Waals surface area contributed by atoms with Crippen molar-refractivity contribution in [2.75, 3.05) is 11.4 Å². The molecule has 2 atom stereocenters. The lowest BCUT2D eigenvalue weighted by atomic mass is 10.3. The van der Waals surface area contributed by atoms with Gasteiger partial charge in [-0.15, -0.1) is 0 Å². The monoisotopic (exact) mass is 223 g/mol. The van der Waals surface area contributed by atoms with Crippen LogP contribution in [0.2, 0.25) is 0 Å². The van der Waals surface area contributed by atoms with Gasteiger partial charge in [-0.05, 0) is 13.3 Å². The van der Waals surface area contributed by atoms with E-state index in [0.29, 0.717) is 6.54 Å². The first-order valence-corrected chi connectivity index (χ1v) is 5.65. The highest BCUT2D eigenvalue weighted by molar-refractivity contribution is 5.95. The first kappa shape index (κ1) is 11.1. The van der Waals surface area contributed by atoms with E-state index in [2.05, 4.69) is 18.9 Å². The fraction of sp³-hybridized carbons (Fsp3) is 0.636. The Morgan fingerprint density at radius 3 is 3.00 bits per heavy atom. The summed E-state index contributed by atoms with van der Waals surface area (Å²) in [6, 6.07) is 2.08. The van der Waals surface area contributed by atoms with Gasteiger partial charge < -0.3 is 5.11 Å². The van der Waals surface area contributed by atoms with Crippen LogP contribution in [0.3, 0.4) is 0 Å². The predicted molar refractivity (Wildman–Crippen MR) is 60.2 cm³/mol. The van der Waals surface area contributed by atoms with Gasteiger partial charge in [0.2, 0.25) is 5.91 Å². The summed E-state index contributed by atoms with van der Waals surface area (Å²) in [4.78, 5) is 13.3. The van der Waals surface area contributed by atoms with Crippen LogP contribution in [0.25, 0.3) is 0 Å². The Labute approximate surface area is 94.7 Å². The van der Waals surface area contributed by atoms with Gasteiger partial charge in [-0.25, -0.2) is 4.68 Å². The van der Waals surface area contributed by atoms with Gasteiger partial charge in [-0.1, -0.05) is 6.92 Å². The van der Waals surface area contributed by atoms with E-state index in [1.54, 1.807) is 11.1 Å². The molecule has 0 bridgehead atoms. The number of hydrogen-bond acceptors (Lipinski definition) is 3. The van der Waals surface area contributed by atoms with Crippen LogP contribution >= 0.6 is 0 Å². The molecule has 1 amide bonds. The number of aliphatic hydroxyl groups excluding tert-OH is 1. The minimum atomic E-state index is -0.548. The van der Waals surface area contributed by atoms with Gasteiger partial charge in [-0.2, -0.15) is 5.10 Å². The molecule has 2 heterocycles. The van der Waals surface area contributed by atoms with E-state index in [4.69, 9.17) is 0 Å². The van der Waals surface area contributed by atoms with E-state index in [0.717, 1.165) is 12.2 Å². The predicted octanol–water partition coefficient (Wildman–Crippen LogP) is 0.952. The van der Waals surface area contributed by atoms with Crippen LogP contribution in [0.1, 0.15) is 32.7 Å². The normalized spacial score (nSPS) is 22.8. The van der Waals surface area contributed by atoms with E-state index < -0.39 is 6.10 Å². The summed E-state index contributed by atoms with van der Waals surface area (Å²) in [5.74, 6) is 0.758. The van der Waals surface area contributed by atoms with Crippen molar-refractivity contribution >= 4 is 11.7 Å². The number of aromatic nitrogens is 2. The molecule has 1 aromatic rings. The Morgan fingerprint density at radius 2 is 2.44 bits per heavy atom. The van der Waals surface area contributed by atoms with Gasteiger partial charge in [0.1, 0.15) is 5.82 Å². The van der Waals surface area contributed by atoms with Crippen molar-refractivity contribution in [2.45, 2.75) is 38.8 Å². The van der Waals surface area contributed by atoms with Crippen LogP contribution in [-0.4, -0.2) is 33.4 Å². The van der Waals surface area contributed by atoms with E-state index >= 15 is 0 Å². The molecule has 0 radical (unpaired) electrons. The smallest absolute Gasteiger partial charge is 0.230 e. The number of hydrogen-bond donors (Lipinski definition) is 1. The molecule has 5 nitrogen and oxygen atoms in total. The molecule has 5 heteroatoms. The second-order valence-electron chi connectivity index (χ2n) is 4.25. The molecule has 0 aromatic carbocycles. The Hall–Kier alpha value is -1.36. The molecule has 88 valence electrons. The lowest BCUT2D eigenvalue weighted by molar-refractivity contribution is -0.117. The largest absolute Gasteiger partial charge is 0.391 e. The standard InChI is InChI=1S/C11H17N3O2/c1-3-8(2)14-10(4-5-12-14)13-7-9(15)6-11(13)16/h4-5,8-9,15H,3,6-7H2,1-2H3. The number of carbonyl (C=O) groups excluding carboxylic acids is 1. The summed E-state index contributed by atoms with van der Waals surface area (Å²) in [6.07, 6.45) is 2.32. The number of nitrogens with zero attached hydrogens (tertiary/aromatic N) is 3. The number of carbonyl (C=O) groups is 1. The summed E-state index contributed by atoms with van der Waals surface area (Å²) in [5, 5.41) is 13.7. The molecule has 1 N–H and O–H groups in total. The lowest BCUT2D eigenvalue weighted by Crippen LogP contribution is -2.28. The van der Waals surface area contributed by atoms with Crippen molar-refractivity contribution in [3.63, 3.8) is 0 Å². The third kappa shape index (κ3) is 1.82. The van der Waals surface area contributed by atoms with Gasteiger partial charge in [0.05, 0.1) is 31.3 Å². The minimum Gasteiger partial charge on any atom is -0.391 e. The fourth-order valence-electron chi connectivity index (χ4n) is 1.94. The number of β-amino-alcohol motifs (C(OH)–C–C–N with tert-alkyl or cyclic N) is 1. The summed E-state index contributed by atoms with van der Waals surface area (Å²) in [6.45, 7) is 4.52. The Balaban J connectivity index is 2.27. The SMILES string of the molecule is CCC(C)n1nccc1N1CC(O)CC1=O. The molecular weight excluding hydrogens is 206 g/mol. The Kier molecular flexibility index (Phi) is 2.96. The zero-order valence-corrected chi connectivity index (χ0v) is 9.63. The van der Waals surface area contributed by atoms with E-state index in [1.807, 2.05) is 10.7 Å². The molecule has 1 fully saturated rings. The number of anilines is 1. The van der Waals surface area contributed by atoms with Gasteiger partial charge in [0.25, 0.3) is 0 Å². The maximum absolute atomic E-state index is 11.7. The molecule has 2 rings (SSSR count). The van der Waals surface area contributed by atoms with Gasteiger partial charge in [-0.3, -0.25) is 9.69 Å². The molecule has 0 aliphatic carbocycles. The second-order valence-corrected chi connectivity index (χ2v) is 4.25. The summed E-state index contributed by atoms with van der Waals surface area (Å²) in [7, 11) is 0. The average Bonchev–Trinajstić information content (AvgIpc) is 2.83. The van der Waals surface area contributed by atoms with E-state index in [-0.39, 0.29) is 18.4 Å². The van der Waals surface area contributed by atoms with Crippen LogP contribution in [0.15, 0.2) is 12.3 Å². The fourth-order valence-corrected chi connectivity index (χ4v) is 1.94. The highest BCUT2D eigenvalue weighted by Crippen LogP contribution is 2.24. The number of amides is 1. The molecule has 1 aliphatic rings. The highest BCUT2D eigenvalue weighted by atomic mass is 16.3. The second kappa shape index (κ2) is 4.25. The maximum Gasteiger partial charge on any atom is 0.230 e. The van der Waals surface area contributed by atoms with Crippen LogP contribution < -0.4 is 4.90 Å². The number of aliphatic hydroxyl groups is 1. The molecule has 1 aromatic heterocycles. The van der Waals surface area contributed by atoms with Crippen molar-refractivity contribution in [2.24, 2.45) is 0 Å². The zero-order valence-electron chi connectivity index (χ0n) is 9.63. The lowest BCUT2D eigenvalue weighted by Gasteiger charge is -2.20. The van der Waals surface area contributed by atoms with E-state index in [1.165, 1.54) is 0 Å². The van der Waals surface area contributed by atoms with Crippen LogP contribution in [0.5, 0.6) is 0 Å². The van der Waals surface area contributed by atoms with Gasteiger partial charge in [0, 0.05) is 6.07 Å². The zero-order chi connectivity index (χ0) is 11.7. The Bertz CT molecular complexity index is 388. The first-order valence-electron chi connectivity index (χ1n) is 5.65. The van der Waals surface area contributed by atoms with Crippen LogP contribution in [-0.2, 0) is 4.79 Å².